The third-order valence-corrected chi connectivity index (χ3v) is 4.63. The Kier molecular flexibility index (Phi) is 4.64. The second-order valence-electron chi connectivity index (χ2n) is 5.82. The zero-order chi connectivity index (χ0) is 15.6. The number of nitrogens with zero attached hydrogens (tertiary/aromatic N) is 1. The van der Waals surface area contributed by atoms with Crippen molar-refractivity contribution in [1.29, 1.82) is 0 Å². The first-order valence-electron chi connectivity index (χ1n) is 7.16. The van der Waals surface area contributed by atoms with E-state index in [2.05, 4.69) is 10.2 Å². The van der Waals surface area contributed by atoms with Crippen molar-refractivity contribution in [1.82, 2.24) is 5.32 Å². The van der Waals surface area contributed by atoms with E-state index >= 15 is 0 Å². The predicted octanol–water partition coefficient (Wildman–Crippen LogP) is 1.73. The molecule has 116 valence electrons. The van der Waals surface area contributed by atoms with Gasteiger partial charge >= 0.3 is 0 Å². The zero-order valence-electron chi connectivity index (χ0n) is 12.6. The van der Waals surface area contributed by atoms with E-state index in [1.54, 1.807) is 13.1 Å². The molecule has 1 heterocycles. The summed E-state index contributed by atoms with van der Waals surface area (Å²) >= 11 is 6.12. The van der Waals surface area contributed by atoms with Gasteiger partial charge in [0, 0.05) is 54.1 Å². The Labute approximate surface area is 130 Å². The van der Waals surface area contributed by atoms with E-state index in [-0.39, 0.29) is 11.3 Å². The molecule has 1 aromatic rings. The summed E-state index contributed by atoms with van der Waals surface area (Å²) in [6, 6.07) is 3.63. The number of anilines is 2. The lowest BCUT2D eigenvalue weighted by molar-refractivity contribution is -0.130. The molecular formula is C15H23ClN4O. The third-order valence-electron chi connectivity index (χ3n) is 4.41. The van der Waals surface area contributed by atoms with Crippen LogP contribution >= 0.6 is 11.6 Å². The quantitative estimate of drug-likeness (QED) is 0.742. The van der Waals surface area contributed by atoms with Crippen molar-refractivity contribution in [2.45, 2.75) is 26.3 Å². The number of nitrogen functional groups attached to an aromatic ring is 1. The van der Waals surface area contributed by atoms with Crippen LogP contribution in [0.5, 0.6) is 0 Å². The van der Waals surface area contributed by atoms with Gasteiger partial charge in [-0.1, -0.05) is 18.5 Å². The molecule has 1 fully saturated rings. The lowest BCUT2D eigenvalue weighted by Gasteiger charge is -2.40. The van der Waals surface area contributed by atoms with Gasteiger partial charge in [-0.05, 0) is 25.0 Å². The Morgan fingerprint density at radius 3 is 2.57 bits per heavy atom. The molecule has 1 aliphatic heterocycles. The molecule has 0 aromatic heterocycles. The van der Waals surface area contributed by atoms with E-state index in [4.69, 9.17) is 23.1 Å². The summed E-state index contributed by atoms with van der Waals surface area (Å²) in [6.45, 7) is 3.97. The SMILES string of the molecule is CNC(=O)C1(C)CCN(c2cc(Cl)cc(N)c2CN)CC1. The van der Waals surface area contributed by atoms with Gasteiger partial charge in [-0.3, -0.25) is 4.79 Å². The molecule has 0 bridgehead atoms. The van der Waals surface area contributed by atoms with Gasteiger partial charge < -0.3 is 21.7 Å². The Balaban J connectivity index is 2.21. The highest BCUT2D eigenvalue weighted by atomic mass is 35.5. The van der Waals surface area contributed by atoms with E-state index in [0.717, 1.165) is 37.2 Å². The average molecular weight is 311 g/mol. The van der Waals surface area contributed by atoms with E-state index in [9.17, 15) is 4.79 Å². The first kappa shape index (κ1) is 15.9. The lowest BCUT2D eigenvalue weighted by atomic mass is 9.79. The van der Waals surface area contributed by atoms with E-state index in [1.807, 2.05) is 13.0 Å². The van der Waals surface area contributed by atoms with Gasteiger partial charge in [0.15, 0.2) is 0 Å². The number of nitrogens with two attached hydrogens (primary N) is 2. The Morgan fingerprint density at radius 1 is 1.43 bits per heavy atom. The molecule has 5 N–H and O–H groups in total. The van der Waals surface area contributed by atoms with E-state index in [0.29, 0.717) is 17.3 Å². The Bertz CT molecular complexity index is 539. The van der Waals surface area contributed by atoms with Crippen molar-refractivity contribution in [3.8, 4) is 0 Å². The highest BCUT2D eigenvalue weighted by Crippen LogP contribution is 2.36. The Hall–Kier alpha value is -1.46. The molecule has 1 aliphatic rings. The monoisotopic (exact) mass is 310 g/mol. The highest BCUT2D eigenvalue weighted by Gasteiger charge is 2.36. The maximum absolute atomic E-state index is 12.0. The molecule has 0 aliphatic carbocycles. The molecule has 5 nitrogen and oxygen atoms in total. The van der Waals surface area contributed by atoms with Crippen molar-refractivity contribution in [2.24, 2.45) is 11.1 Å². The molecule has 0 atom stereocenters. The number of hydrogen-bond acceptors (Lipinski definition) is 4. The van der Waals surface area contributed by atoms with Crippen LogP contribution in [0.1, 0.15) is 25.3 Å². The van der Waals surface area contributed by atoms with Gasteiger partial charge in [0.05, 0.1) is 0 Å². The van der Waals surface area contributed by atoms with Crippen LogP contribution in [0.25, 0.3) is 0 Å². The standard InChI is InChI=1S/C15H23ClN4O/c1-15(14(21)19-2)3-5-20(6-4-15)13-8-10(16)7-12(18)11(13)9-17/h7-8H,3-6,9,17-18H2,1-2H3,(H,19,21). The number of hydrogen-bond donors (Lipinski definition) is 3. The van der Waals surface area contributed by atoms with Gasteiger partial charge in [-0.15, -0.1) is 0 Å². The van der Waals surface area contributed by atoms with Crippen molar-refractivity contribution in [3.63, 3.8) is 0 Å². The van der Waals surface area contributed by atoms with Crippen molar-refractivity contribution < 1.29 is 4.79 Å². The first-order chi connectivity index (χ1) is 9.91. The minimum absolute atomic E-state index is 0.104. The van der Waals surface area contributed by atoms with E-state index < -0.39 is 0 Å². The summed E-state index contributed by atoms with van der Waals surface area (Å²) in [4.78, 5) is 14.2. The van der Waals surface area contributed by atoms with Crippen LogP contribution in [0.4, 0.5) is 11.4 Å². The number of amides is 1. The lowest BCUT2D eigenvalue weighted by Crippen LogP contribution is -2.46. The van der Waals surface area contributed by atoms with Crippen molar-refractivity contribution >= 4 is 28.9 Å². The largest absolute Gasteiger partial charge is 0.398 e. The molecule has 0 spiro atoms. The molecule has 21 heavy (non-hydrogen) atoms. The normalized spacial score (nSPS) is 17.6. The van der Waals surface area contributed by atoms with Gasteiger partial charge in [-0.25, -0.2) is 0 Å². The summed E-state index contributed by atoms with van der Waals surface area (Å²) < 4.78 is 0. The second-order valence-corrected chi connectivity index (χ2v) is 6.26. The fraction of sp³-hybridized carbons (Fsp3) is 0.533. The van der Waals surface area contributed by atoms with Gasteiger partial charge in [0.1, 0.15) is 0 Å². The molecular weight excluding hydrogens is 288 g/mol. The van der Waals surface area contributed by atoms with Gasteiger partial charge in [0.2, 0.25) is 5.91 Å². The molecule has 1 aromatic carbocycles. The smallest absolute Gasteiger partial charge is 0.225 e. The fourth-order valence-corrected chi connectivity index (χ4v) is 3.14. The highest BCUT2D eigenvalue weighted by molar-refractivity contribution is 6.31. The van der Waals surface area contributed by atoms with Crippen LogP contribution in [0.15, 0.2) is 12.1 Å². The number of rotatable bonds is 3. The first-order valence-corrected chi connectivity index (χ1v) is 7.54. The van der Waals surface area contributed by atoms with E-state index in [1.165, 1.54) is 0 Å². The minimum Gasteiger partial charge on any atom is -0.398 e. The number of carbonyl (C=O) groups is 1. The van der Waals surface area contributed by atoms with Crippen LogP contribution in [-0.2, 0) is 11.3 Å². The van der Waals surface area contributed by atoms with Crippen LogP contribution < -0.4 is 21.7 Å². The zero-order valence-corrected chi connectivity index (χ0v) is 13.3. The molecule has 0 unspecified atom stereocenters. The maximum Gasteiger partial charge on any atom is 0.225 e. The van der Waals surface area contributed by atoms with Crippen molar-refractivity contribution in [2.75, 3.05) is 30.8 Å². The van der Waals surface area contributed by atoms with Gasteiger partial charge in [0.25, 0.3) is 0 Å². The van der Waals surface area contributed by atoms with Crippen LogP contribution in [0.3, 0.4) is 0 Å². The Morgan fingerprint density at radius 2 is 2.05 bits per heavy atom. The molecule has 6 heteroatoms. The van der Waals surface area contributed by atoms with Crippen LogP contribution in [0.2, 0.25) is 5.02 Å². The number of piperidine rings is 1. The molecule has 0 saturated carbocycles. The number of nitrogens with one attached hydrogen (secondary N) is 1. The minimum atomic E-state index is -0.307. The van der Waals surface area contributed by atoms with Crippen molar-refractivity contribution in [3.05, 3.63) is 22.7 Å². The second kappa shape index (κ2) is 6.12. The number of halogens is 1. The molecule has 0 radical (unpaired) electrons. The average Bonchev–Trinajstić information content (AvgIpc) is 2.46. The molecule has 2 rings (SSSR count). The summed E-state index contributed by atoms with van der Waals surface area (Å²) in [7, 11) is 1.68. The summed E-state index contributed by atoms with van der Waals surface area (Å²) in [5.41, 5.74) is 14.0. The summed E-state index contributed by atoms with van der Waals surface area (Å²) in [6.07, 6.45) is 1.59. The topological polar surface area (TPSA) is 84.4 Å². The number of carbonyl (C=O) groups excluding carboxylic acids is 1. The van der Waals surface area contributed by atoms with Gasteiger partial charge in [-0.2, -0.15) is 0 Å². The molecule has 1 amide bonds. The summed E-state index contributed by atoms with van der Waals surface area (Å²) in [5, 5.41) is 3.36. The van der Waals surface area contributed by atoms with Crippen LogP contribution in [-0.4, -0.2) is 26.0 Å². The number of benzene rings is 1. The van der Waals surface area contributed by atoms with Crippen LogP contribution in [0, 0.1) is 5.41 Å². The third kappa shape index (κ3) is 3.09. The molecule has 1 saturated heterocycles. The fourth-order valence-electron chi connectivity index (χ4n) is 2.92. The maximum atomic E-state index is 12.0. The summed E-state index contributed by atoms with van der Waals surface area (Å²) in [5.74, 6) is 0.104. The predicted molar refractivity (Wildman–Crippen MR) is 87.4 cm³/mol.